The van der Waals surface area contributed by atoms with Gasteiger partial charge in [0.1, 0.15) is 20.7 Å². The number of nitrogens with zero attached hydrogens (tertiary/aromatic N) is 2. The summed E-state index contributed by atoms with van der Waals surface area (Å²) >= 11 is 7.47. The third-order valence-electron chi connectivity index (χ3n) is 3.51. The average molecular weight is 347 g/mol. The van der Waals surface area contributed by atoms with Crippen LogP contribution in [0.2, 0.25) is 5.15 Å². The van der Waals surface area contributed by atoms with Gasteiger partial charge in [0.2, 0.25) is 0 Å². The molecule has 0 aliphatic carbocycles. The Kier molecular flexibility index (Phi) is 4.59. The minimum absolute atomic E-state index is 0.338. The van der Waals surface area contributed by atoms with Crippen molar-refractivity contribution in [1.82, 2.24) is 9.97 Å². The molecular weight excluding hydrogens is 332 g/mol. The summed E-state index contributed by atoms with van der Waals surface area (Å²) in [4.78, 5) is 22.1. The summed E-state index contributed by atoms with van der Waals surface area (Å²) in [7, 11) is 0. The molecule has 0 atom stereocenters. The largest absolute Gasteiger partial charge is 0.461 e. The standard InChI is InChI=1S/C17H15ClN2O2S/c1-10-13-15(18)19-11(2)20-16(13)23-14(10)17(21)22-9-8-12-6-4-3-5-7-12/h3-7H,8-9H2,1-2H3. The highest BCUT2D eigenvalue weighted by Crippen LogP contribution is 2.33. The van der Waals surface area contributed by atoms with Crippen LogP contribution < -0.4 is 0 Å². The number of benzene rings is 1. The first-order chi connectivity index (χ1) is 11.1. The van der Waals surface area contributed by atoms with Crippen LogP contribution in [0.15, 0.2) is 30.3 Å². The van der Waals surface area contributed by atoms with Gasteiger partial charge in [-0.05, 0) is 25.0 Å². The number of carbonyl (C=O) groups is 1. The first-order valence-corrected chi connectivity index (χ1v) is 8.40. The number of carbonyl (C=O) groups excluding carboxylic acids is 1. The van der Waals surface area contributed by atoms with Crippen molar-refractivity contribution < 1.29 is 9.53 Å². The highest BCUT2D eigenvalue weighted by atomic mass is 35.5. The molecule has 0 N–H and O–H groups in total. The SMILES string of the molecule is Cc1nc(Cl)c2c(C)c(C(=O)OCCc3ccccc3)sc2n1. The fourth-order valence-electron chi connectivity index (χ4n) is 2.36. The van der Waals surface area contributed by atoms with Gasteiger partial charge in [0.25, 0.3) is 0 Å². The molecule has 2 aromatic heterocycles. The van der Waals surface area contributed by atoms with Crippen molar-refractivity contribution in [1.29, 1.82) is 0 Å². The van der Waals surface area contributed by atoms with E-state index in [2.05, 4.69) is 9.97 Å². The number of halogens is 1. The first-order valence-electron chi connectivity index (χ1n) is 7.20. The maximum Gasteiger partial charge on any atom is 0.348 e. The van der Waals surface area contributed by atoms with E-state index in [1.807, 2.05) is 37.3 Å². The van der Waals surface area contributed by atoms with Crippen molar-refractivity contribution in [3.8, 4) is 0 Å². The molecule has 0 saturated heterocycles. The van der Waals surface area contributed by atoms with Crippen molar-refractivity contribution in [3.05, 3.63) is 57.3 Å². The number of thiophene rings is 1. The second-order valence-electron chi connectivity index (χ2n) is 5.17. The molecule has 2 heterocycles. The minimum Gasteiger partial charge on any atom is -0.461 e. The molecule has 0 aliphatic rings. The Labute approximate surface area is 143 Å². The van der Waals surface area contributed by atoms with Gasteiger partial charge in [0.15, 0.2) is 0 Å². The van der Waals surface area contributed by atoms with E-state index in [0.717, 1.165) is 21.3 Å². The molecule has 0 saturated carbocycles. The van der Waals surface area contributed by atoms with Crippen LogP contribution in [0, 0.1) is 13.8 Å². The zero-order chi connectivity index (χ0) is 16.4. The quantitative estimate of drug-likeness (QED) is 0.520. The minimum atomic E-state index is -0.338. The fourth-order valence-corrected chi connectivity index (χ4v) is 3.89. The van der Waals surface area contributed by atoms with Crippen LogP contribution in [0.3, 0.4) is 0 Å². The molecule has 0 amide bonds. The molecule has 4 nitrogen and oxygen atoms in total. The number of hydrogen-bond acceptors (Lipinski definition) is 5. The number of fused-ring (bicyclic) bond motifs is 1. The van der Waals surface area contributed by atoms with E-state index in [-0.39, 0.29) is 5.97 Å². The van der Waals surface area contributed by atoms with Gasteiger partial charge in [-0.2, -0.15) is 0 Å². The maximum absolute atomic E-state index is 12.3. The molecule has 0 spiro atoms. The topological polar surface area (TPSA) is 52.1 Å². The normalized spacial score (nSPS) is 10.9. The van der Waals surface area contributed by atoms with Gasteiger partial charge in [0.05, 0.1) is 12.0 Å². The van der Waals surface area contributed by atoms with Crippen molar-refractivity contribution in [2.75, 3.05) is 6.61 Å². The van der Waals surface area contributed by atoms with E-state index in [0.29, 0.717) is 28.9 Å². The Morgan fingerprint density at radius 3 is 2.70 bits per heavy atom. The van der Waals surface area contributed by atoms with Gasteiger partial charge < -0.3 is 4.74 Å². The second kappa shape index (κ2) is 6.64. The average Bonchev–Trinajstić information content (AvgIpc) is 2.85. The number of esters is 1. The van der Waals surface area contributed by atoms with Gasteiger partial charge in [-0.25, -0.2) is 14.8 Å². The Morgan fingerprint density at radius 2 is 1.96 bits per heavy atom. The summed E-state index contributed by atoms with van der Waals surface area (Å²) in [5.74, 6) is 0.253. The van der Waals surface area contributed by atoms with Crippen LogP contribution in [-0.2, 0) is 11.2 Å². The van der Waals surface area contributed by atoms with E-state index < -0.39 is 0 Å². The van der Waals surface area contributed by atoms with E-state index in [1.54, 1.807) is 6.92 Å². The molecule has 0 bridgehead atoms. The lowest BCUT2D eigenvalue weighted by Crippen LogP contribution is -2.07. The maximum atomic E-state index is 12.3. The van der Waals surface area contributed by atoms with Crippen molar-refractivity contribution in [3.63, 3.8) is 0 Å². The molecule has 0 unspecified atom stereocenters. The van der Waals surface area contributed by atoms with E-state index >= 15 is 0 Å². The summed E-state index contributed by atoms with van der Waals surface area (Å²) < 4.78 is 5.39. The van der Waals surface area contributed by atoms with Gasteiger partial charge >= 0.3 is 5.97 Å². The smallest absolute Gasteiger partial charge is 0.348 e. The Morgan fingerprint density at radius 1 is 1.22 bits per heavy atom. The van der Waals surface area contributed by atoms with Crippen LogP contribution in [0.25, 0.3) is 10.2 Å². The van der Waals surface area contributed by atoms with Crippen molar-refractivity contribution >= 4 is 39.1 Å². The molecule has 1 aromatic carbocycles. The summed E-state index contributed by atoms with van der Waals surface area (Å²) in [5.41, 5.74) is 1.91. The second-order valence-corrected chi connectivity index (χ2v) is 6.53. The molecule has 0 radical (unpaired) electrons. The molecule has 0 aliphatic heterocycles. The molecule has 3 aromatic rings. The number of hydrogen-bond donors (Lipinski definition) is 0. The highest BCUT2D eigenvalue weighted by Gasteiger charge is 2.20. The highest BCUT2D eigenvalue weighted by molar-refractivity contribution is 7.20. The summed E-state index contributed by atoms with van der Waals surface area (Å²) in [6.07, 6.45) is 0.691. The lowest BCUT2D eigenvalue weighted by Gasteiger charge is -2.04. The number of aryl methyl sites for hydroxylation is 2. The molecule has 23 heavy (non-hydrogen) atoms. The van der Waals surface area contributed by atoms with Gasteiger partial charge in [0, 0.05) is 6.42 Å². The predicted octanol–water partition coefficient (Wildman–Crippen LogP) is 4.36. The van der Waals surface area contributed by atoms with Crippen LogP contribution in [0.4, 0.5) is 0 Å². The number of aromatic nitrogens is 2. The zero-order valence-electron chi connectivity index (χ0n) is 12.8. The molecular formula is C17H15ClN2O2S. The van der Waals surface area contributed by atoms with Gasteiger partial charge in [-0.3, -0.25) is 0 Å². The third-order valence-corrected chi connectivity index (χ3v) is 4.95. The first kappa shape index (κ1) is 15.9. The lowest BCUT2D eigenvalue weighted by atomic mass is 10.2. The zero-order valence-corrected chi connectivity index (χ0v) is 14.4. The predicted molar refractivity (Wildman–Crippen MR) is 92.3 cm³/mol. The number of ether oxygens (including phenoxy) is 1. The van der Waals surface area contributed by atoms with Crippen molar-refractivity contribution in [2.45, 2.75) is 20.3 Å². The van der Waals surface area contributed by atoms with E-state index in [1.165, 1.54) is 11.3 Å². The van der Waals surface area contributed by atoms with Gasteiger partial charge in [-0.1, -0.05) is 41.9 Å². The van der Waals surface area contributed by atoms with Crippen LogP contribution in [0.5, 0.6) is 0 Å². The van der Waals surface area contributed by atoms with Crippen LogP contribution in [0.1, 0.15) is 26.6 Å². The molecule has 6 heteroatoms. The van der Waals surface area contributed by atoms with E-state index in [4.69, 9.17) is 16.3 Å². The summed E-state index contributed by atoms with van der Waals surface area (Å²) in [6, 6.07) is 9.92. The fraction of sp³-hybridized carbons (Fsp3) is 0.235. The number of rotatable bonds is 4. The van der Waals surface area contributed by atoms with E-state index in [9.17, 15) is 4.79 Å². The Hall–Kier alpha value is -1.98. The summed E-state index contributed by atoms with van der Waals surface area (Å²) in [5, 5.41) is 1.11. The lowest BCUT2D eigenvalue weighted by molar-refractivity contribution is 0.0514. The Balaban J connectivity index is 1.76. The third kappa shape index (κ3) is 3.35. The van der Waals surface area contributed by atoms with Crippen LogP contribution >= 0.6 is 22.9 Å². The monoisotopic (exact) mass is 346 g/mol. The summed E-state index contributed by atoms with van der Waals surface area (Å²) in [6.45, 7) is 3.96. The van der Waals surface area contributed by atoms with Crippen molar-refractivity contribution in [2.24, 2.45) is 0 Å². The van der Waals surface area contributed by atoms with Crippen LogP contribution in [-0.4, -0.2) is 22.5 Å². The van der Waals surface area contributed by atoms with Gasteiger partial charge in [-0.15, -0.1) is 11.3 Å². The molecule has 0 fully saturated rings. The Bertz CT molecular complexity index is 862. The molecule has 3 rings (SSSR count). The molecule has 118 valence electrons.